The molecule has 1 aromatic heterocycles. The van der Waals surface area contributed by atoms with Crippen LogP contribution in [-0.2, 0) is 16.0 Å². The van der Waals surface area contributed by atoms with Gasteiger partial charge in [0.15, 0.2) is 0 Å². The van der Waals surface area contributed by atoms with Crippen molar-refractivity contribution in [3.05, 3.63) is 23.5 Å². The van der Waals surface area contributed by atoms with E-state index in [9.17, 15) is 4.79 Å². The SMILES string of the molecule is COC(=O)Cc1nc(C#N)ccc1OC. The predicted octanol–water partition coefficient (Wildman–Crippen LogP) is 0.677. The van der Waals surface area contributed by atoms with E-state index in [1.165, 1.54) is 20.3 Å². The smallest absolute Gasteiger partial charge is 0.311 e. The summed E-state index contributed by atoms with van der Waals surface area (Å²) in [5, 5.41) is 8.65. The summed E-state index contributed by atoms with van der Waals surface area (Å²) >= 11 is 0. The van der Waals surface area contributed by atoms with Crippen LogP contribution in [0.25, 0.3) is 0 Å². The Morgan fingerprint density at radius 3 is 2.80 bits per heavy atom. The lowest BCUT2D eigenvalue weighted by atomic mass is 10.2. The normalized spacial score (nSPS) is 9.13. The van der Waals surface area contributed by atoms with E-state index in [4.69, 9.17) is 10.00 Å². The van der Waals surface area contributed by atoms with Gasteiger partial charge < -0.3 is 9.47 Å². The zero-order valence-corrected chi connectivity index (χ0v) is 8.48. The lowest BCUT2D eigenvalue weighted by molar-refractivity contribution is -0.139. The van der Waals surface area contributed by atoms with Crippen LogP contribution in [0, 0.1) is 11.3 Å². The first-order chi connectivity index (χ1) is 7.21. The zero-order valence-electron chi connectivity index (χ0n) is 8.48. The molecule has 0 radical (unpaired) electrons. The second kappa shape index (κ2) is 4.96. The van der Waals surface area contributed by atoms with Crippen molar-refractivity contribution >= 4 is 5.97 Å². The van der Waals surface area contributed by atoms with Crippen LogP contribution in [0.1, 0.15) is 11.4 Å². The molecule has 0 aliphatic carbocycles. The van der Waals surface area contributed by atoms with Crippen molar-refractivity contribution in [2.75, 3.05) is 14.2 Å². The van der Waals surface area contributed by atoms with Crippen molar-refractivity contribution in [2.24, 2.45) is 0 Å². The minimum absolute atomic E-state index is 0.00477. The highest BCUT2D eigenvalue weighted by Crippen LogP contribution is 2.17. The van der Waals surface area contributed by atoms with E-state index in [2.05, 4.69) is 9.72 Å². The first-order valence-electron chi connectivity index (χ1n) is 4.22. The Bertz CT molecular complexity index is 410. The number of pyridine rings is 1. The molecule has 0 N–H and O–H groups in total. The topological polar surface area (TPSA) is 72.2 Å². The summed E-state index contributed by atoms with van der Waals surface area (Å²) in [5.41, 5.74) is 0.651. The van der Waals surface area contributed by atoms with Gasteiger partial charge in [-0.05, 0) is 12.1 Å². The fourth-order valence-corrected chi connectivity index (χ4v) is 1.07. The van der Waals surface area contributed by atoms with Crippen LogP contribution >= 0.6 is 0 Å². The number of carbonyl (C=O) groups excluding carboxylic acids is 1. The third kappa shape index (κ3) is 2.68. The van der Waals surface area contributed by atoms with Gasteiger partial charge in [-0.2, -0.15) is 5.26 Å². The fourth-order valence-electron chi connectivity index (χ4n) is 1.07. The molecule has 0 atom stereocenters. The molecule has 0 aliphatic heterocycles. The molecular weight excluding hydrogens is 196 g/mol. The first kappa shape index (κ1) is 11.0. The highest BCUT2D eigenvalue weighted by atomic mass is 16.5. The lowest BCUT2D eigenvalue weighted by Crippen LogP contribution is -2.08. The largest absolute Gasteiger partial charge is 0.495 e. The summed E-state index contributed by atoms with van der Waals surface area (Å²) in [6, 6.07) is 5.02. The number of aromatic nitrogens is 1. The highest BCUT2D eigenvalue weighted by Gasteiger charge is 2.11. The molecule has 0 unspecified atom stereocenters. The van der Waals surface area contributed by atoms with Crippen molar-refractivity contribution in [2.45, 2.75) is 6.42 Å². The van der Waals surface area contributed by atoms with E-state index in [1.807, 2.05) is 6.07 Å². The quantitative estimate of drug-likeness (QED) is 0.680. The number of ether oxygens (including phenoxy) is 2. The second-order valence-electron chi connectivity index (χ2n) is 2.71. The number of esters is 1. The minimum Gasteiger partial charge on any atom is -0.495 e. The van der Waals surface area contributed by atoms with Gasteiger partial charge in [-0.15, -0.1) is 0 Å². The van der Waals surface area contributed by atoms with Crippen LogP contribution in [0.15, 0.2) is 12.1 Å². The standard InChI is InChI=1S/C10H10N2O3/c1-14-9-4-3-7(6-11)12-8(9)5-10(13)15-2/h3-4H,5H2,1-2H3. The van der Waals surface area contributed by atoms with Gasteiger partial charge in [-0.1, -0.05) is 0 Å². The van der Waals surface area contributed by atoms with Crippen LogP contribution in [0.4, 0.5) is 0 Å². The number of nitrogens with zero attached hydrogens (tertiary/aromatic N) is 2. The first-order valence-corrected chi connectivity index (χ1v) is 4.22. The monoisotopic (exact) mass is 206 g/mol. The Labute approximate surface area is 87.3 Å². The van der Waals surface area contributed by atoms with Gasteiger partial charge in [0.25, 0.3) is 0 Å². The molecule has 0 bridgehead atoms. The molecule has 0 amide bonds. The Hall–Kier alpha value is -2.09. The molecule has 5 heteroatoms. The summed E-state index contributed by atoms with van der Waals surface area (Å²) in [4.78, 5) is 15.0. The Morgan fingerprint density at radius 1 is 1.53 bits per heavy atom. The molecule has 0 saturated carbocycles. The summed E-state index contributed by atoms with van der Waals surface area (Å²) in [6.45, 7) is 0. The molecular formula is C10H10N2O3. The van der Waals surface area contributed by atoms with E-state index in [-0.39, 0.29) is 12.1 Å². The molecule has 0 fully saturated rings. The maximum atomic E-state index is 11.0. The summed E-state index contributed by atoms with van der Waals surface area (Å²) in [6.07, 6.45) is -0.00477. The molecule has 0 saturated heterocycles. The van der Waals surface area contributed by atoms with Crippen LogP contribution in [-0.4, -0.2) is 25.2 Å². The Balaban J connectivity index is 3.02. The average Bonchev–Trinajstić information content (AvgIpc) is 2.28. The van der Waals surface area contributed by atoms with E-state index in [1.54, 1.807) is 6.07 Å². The van der Waals surface area contributed by atoms with Crippen LogP contribution < -0.4 is 4.74 Å². The number of hydrogen-bond donors (Lipinski definition) is 0. The second-order valence-corrected chi connectivity index (χ2v) is 2.71. The molecule has 1 aromatic rings. The van der Waals surface area contributed by atoms with Gasteiger partial charge in [0.2, 0.25) is 0 Å². The van der Waals surface area contributed by atoms with E-state index in [0.717, 1.165) is 0 Å². The molecule has 78 valence electrons. The van der Waals surface area contributed by atoms with Crippen LogP contribution in [0.2, 0.25) is 0 Å². The summed E-state index contributed by atoms with van der Waals surface area (Å²) in [7, 11) is 2.77. The maximum Gasteiger partial charge on any atom is 0.311 e. The van der Waals surface area contributed by atoms with Gasteiger partial charge in [0, 0.05) is 0 Å². The van der Waals surface area contributed by atoms with E-state index >= 15 is 0 Å². The number of nitriles is 1. The molecule has 1 heterocycles. The van der Waals surface area contributed by atoms with Crippen molar-refractivity contribution in [1.82, 2.24) is 4.98 Å². The average molecular weight is 206 g/mol. The van der Waals surface area contributed by atoms with Crippen molar-refractivity contribution < 1.29 is 14.3 Å². The van der Waals surface area contributed by atoms with Crippen LogP contribution in [0.5, 0.6) is 5.75 Å². The van der Waals surface area contributed by atoms with E-state index < -0.39 is 5.97 Å². The highest BCUT2D eigenvalue weighted by molar-refractivity contribution is 5.72. The molecule has 5 nitrogen and oxygen atoms in total. The number of rotatable bonds is 3. The number of carbonyl (C=O) groups is 1. The number of methoxy groups -OCH3 is 2. The molecule has 1 rings (SSSR count). The Morgan fingerprint density at radius 2 is 2.27 bits per heavy atom. The zero-order chi connectivity index (χ0) is 11.3. The number of hydrogen-bond acceptors (Lipinski definition) is 5. The van der Waals surface area contributed by atoms with E-state index in [0.29, 0.717) is 11.4 Å². The maximum absolute atomic E-state index is 11.0. The third-order valence-corrected chi connectivity index (χ3v) is 1.81. The van der Waals surface area contributed by atoms with Crippen molar-refractivity contribution in [3.63, 3.8) is 0 Å². The summed E-state index contributed by atoms with van der Waals surface area (Å²) < 4.78 is 9.52. The van der Waals surface area contributed by atoms with Gasteiger partial charge in [0.05, 0.1) is 26.3 Å². The third-order valence-electron chi connectivity index (χ3n) is 1.81. The van der Waals surface area contributed by atoms with Crippen LogP contribution in [0.3, 0.4) is 0 Å². The lowest BCUT2D eigenvalue weighted by Gasteiger charge is -2.06. The van der Waals surface area contributed by atoms with Gasteiger partial charge in [0.1, 0.15) is 17.5 Å². The van der Waals surface area contributed by atoms with Crippen molar-refractivity contribution in [1.29, 1.82) is 5.26 Å². The Kier molecular flexibility index (Phi) is 3.63. The minimum atomic E-state index is -0.420. The fraction of sp³-hybridized carbons (Fsp3) is 0.300. The van der Waals surface area contributed by atoms with Crippen molar-refractivity contribution in [3.8, 4) is 11.8 Å². The molecule has 0 spiro atoms. The molecule has 15 heavy (non-hydrogen) atoms. The van der Waals surface area contributed by atoms with Gasteiger partial charge in [-0.25, -0.2) is 4.98 Å². The van der Waals surface area contributed by atoms with Gasteiger partial charge in [-0.3, -0.25) is 4.79 Å². The summed E-state index contributed by atoms with van der Waals surface area (Å²) in [5.74, 6) is 0.0512. The molecule has 0 aliphatic rings. The van der Waals surface area contributed by atoms with Gasteiger partial charge >= 0.3 is 5.97 Å². The molecule has 0 aromatic carbocycles. The predicted molar refractivity (Wildman–Crippen MR) is 51.2 cm³/mol.